The van der Waals surface area contributed by atoms with E-state index >= 15 is 0 Å². The summed E-state index contributed by atoms with van der Waals surface area (Å²) in [5.41, 5.74) is 4.08. The van der Waals surface area contributed by atoms with Gasteiger partial charge in [-0.2, -0.15) is 12.7 Å². The van der Waals surface area contributed by atoms with Crippen molar-refractivity contribution < 1.29 is 17.6 Å². The predicted octanol–water partition coefficient (Wildman–Crippen LogP) is 3.24. The van der Waals surface area contributed by atoms with Crippen molar-refractivity contribution in [2.24, 2.45) is 0 Å². The SMILES string of the molecule is Cc1cc(C)c(C(C)NC(=O)CN(c2ccccc2F)S(=O)(=O)N(C)C)cc1C. The number of anilines is 1. The topological polar surface area (TPSA) is 69.7 Å². The van der Waals surface area contributed by atoms with Gasteiger partial charge in [0.1, 0.15) is 12.4 Å². The van der Waals surface area contributed by atoms with Crippen molar-refractivity contribution in [1.29, 1.82) is 0 Å². The molecule has 1 atom stereocenters. The maximum Gasteiger partial charge on any atom is 0.304 e. The average Bonchev–Trinajstić information content (AvgIpc) is 2.63. The van der Waals surface area contributed by atoms with Crippen LogP contribution in [0, 0.1) is 26.6 Å². The minimum Gasteiger partial charge on any atom is -0.348 e. The van der Waals surface area contributed by atoms with Gasteiger partial charge in [0.25, 0.3) is 0 Å². The Kier molecular flexibility index (Phi) is 7.02. The maximum atomic E-state index is 14.3. The molecule has 0 saturated carbocycles. The predicted molar refractivity (Wildman–Crippen MR) is 114 cm³/mol. The Labute approximate surface area is 172 Å². The van der Waals surface area contributed by atoms with Crippen molar-refractivity contribution in [2.75, 3.05) is 24.9 Å². The number of halogens is 1. The monoisotopic (exact) mass is 421 g/mol. The number of aryl methyl sites for hydroxylation is 3. The van der Waals surface area contributed by atoms with Crippen LogP contribution in [-0.2, 0) is 15.0 Å². The van der Waals surface area contributed by atoms with Crippen LogP contribution in [0.4, 0.5) is 10.1 Å². The lowest BCUT2D eigenvalue weighted by molar-refractivity contribution is -0.120. The summed E-state index contributed by atoms with van der Waals surface area (Å²) < 4.78 is 41.4. The Balaban J connectivity index is 2.29. The Morgan fingerprint density at radius 3 is 2.24 bits per heavy atom. The van der Waals surface area contributed by atoms with Crippen LogP contribution < -0.4 is 9.62 Å². The smallest absolute Gasteiger partial charge is 0.304 e. The molecule has 0 aliphatic carbocycles. The summed E-state index contributed by atoms with van der Waals surface area (Å²) in [7, 11) is -1.39. The molecule has 1 unspecified atom stereocenters. The van der Waals surface area contributed by atoms with E-state index in [-0.39, 0.29) is 11.7 Å². The van der Waals surface area contributed by atoms with Crippen molar-refractivity contribution in [1.82, 2.24) is 9.62 Å². The van der Waals surface area contributed by atoms with Crippen LogP contribution in [0.3, 0.4) is 0 Å². The van der Waals surface area contributed by atoms with Gasteiger partial charge in [0.15, 0.2) is 0 Å². The number of rotatable bonds is 7. The number of benzene rings is 2. The van der Waals surface area contributed by atoms with Crippen molar-refractivity contribution in [3.8, 4) is 0 Å². The zero-order chi connectivity index (χ0) is 21.9. The number of amides is 1. The molecule has 1 amide bonds. The van der Waals surface area contributed by atoms with E-state index in [9.17, 15) is 17.6 Å². The Hall–Kier alpha value is -2.45. The zero-order valence-corrected chi connectivity index (χ0v) is 18.5. The number of carbonyl (C=O) groups is 1. The first-order valence-electron chi connectivity index (χ1n) is 9.27. The standard InChI is InChI=1S/C21H28FN3O3S/c1-14-11-16(3)18(12-15(14)2)17(4)23-21(26)13-25(29(27,28)24(5)6)20-10-8-7-9-19(20)22/h7-12,17H,13H2,1-6H3,(H,23,26). The van der Waals surface area contributed by atoms with Gasteiger partial charge in [0, 0.05) is 14.1 Å². The molecule has 2 aromatic carbocycles. The van der Waals surface area contributed by atoms with Crippen LogP contribution in [0.1, 0.15) is 35.2 Å². The lowest BCUT2D eigenvalue weighted by Gasteiger charge is -2.28. The van der Waals surface area contributed by atoms with Gasteiger partial charge in [-0.1, -0.05) is 24.3 Å². The fraction of sp³-hybridized carbons (Fsp3) is 0.381. The van der Waals surface area contributed by atoms with Crippen molar-refractivity contribution in [2.45, 2.75) is 33.7 Å². The summed E-state index contributed by atoms with van der Waals surface area (Å²) in [6.45, 7) is 7.29. The number of para-hydroxylation sites is 1. The summed E-state index contributed by atoms with van der Waals surface area (Å²) in [4.78, 5) is 12.7. The summed E-state index contributed by atoms with van der Waals surface area (Å²) in [5, 5.41) is 2.83. The molecule has 1 N–H and O–H groups in total. The molecule has 8 heteroatoms. The second kappa shape index (κ2) is 8.92. The fourth-order valence-electron chi connectivity index (χ4n) is 3.09. The second-order valence-corrected chi connectivity index (χ2v) is 9.40. The lowest BCUT2D eigenvalue weighted by Crippen LogP contribution is -2.46. The molecule has 0 bridgehead atoms. The molecule has 2 rings (SSSR count). The molecular formula is C21H28FN3O3S. The Morgan fingerprint density at radius 1 is 1.07 bits per heavy atom. The number of carbonyl (C=O) groups excluding carboxylic acids is 1. The lowest BCUT2D eigenvalue weighted by atomic mass is 9.96. The molecule has 0 fully saturated rings. The van der Waals surface area contributed by atoms with Gasteiger partial charge in [-0.15, -0.1) is 0 Å². The summed E-state index contributed by atoms with van der Waals surface area (Å²) >= 11 is 0. The molecule has 0 aliphatic rings. The summed E-state index contributed by atoms with van der Waals surface area (Å²) in [5.74, 6) is -1.24. The normalized spacial score (nSPS) is 12.7. The third-order valence-corrected chi connectivity index (χ3v) is 6.68. The zero-order valence-electron chi connectivity index (χ0n) is 17.7. The molecule has 0 saturated heterocycles. The minimum atomic E-state index is -4.06. The number of hydrogen-bond donors (Lipinski definition) is 1. The average molecular weight is 422 g/mol. The van der Waals surface area contributed by atoms with Crippen molar-refractivity contribution in [3.05, 3.63) is 64.5 Å². The van der Waals surface area contributed by atoms with Crippen LogP contribution in [0.5, 0.6) is 0 Å². The van der Waals surface area contributed by atoms with Gasteiger partial charge in [0.05, 0.1) is 11.7 Å². The van der Waals surface area contributed by atoms with Gasteiger partial charge in [0.2, 0.25) is 5.91 Å². The maximum absolute atomic E-state index is 14.3. The van der Waals surface area contributed by atoms with Crippen LogP contribution >= 0.6 is 0 Å². The number of nitrogens with zero attached hydrogens (tertiary/aromatic N) is 2. The highest BCUT2D eigenvalue weighted by Gasteiger charge is 2.29. The fourth-order valence-corrected chi connectivity index (χ4v) is 4.16. The summed E-state index contributed by atoms with van der Waals surface area (Å²) in [6.07, 6.45) is 0. The Bertz CT molecular complexity index is 1010. The van der Waals surface area contributed by atoms with Crippen LogP contribution in [0.15, 0.2) is 36.4 Å². The van der Waals surface area contributed by atoms with Gasteiger partial charge in [-0.05, 0) is 62.1 Å². The molecule has 0 aromatic heterocycles. The molecule has 158 valence electrons. The van der Waals surface area contributed by atoms with Gasteiger partial charge in [-0.25, -0.2) is 8.70 Å². The highest BCUT2D eigenvalue weighted by atomic mass is 32.2. The third-order valence-electron chi connectivity index (χ3n) is 4.87. The molecule has 0 heterocycles. The number of nitrogens with one attached hydrogen (secondary N) is 1. The second-order valence-electron chi connectivity index (χ2n) is 7.33. The quantitative estimate of drug-likeness (QED) is 0.746. The van der Waals surface area contributed by atoms with Crippen molar-refractivity contribution >= 4 is 21.8 Å². The highest BCUT2D eigenvalue weighted by molar-refractivity contribution is 7.90. The first-order valence-corrected chi connectivity index (χ1v) is 10.7. The first-order chi connectivity index (χ1) is 13.4. The first kappa shape index (κ1) is 22.8. The van der Waals surface area contributed by atoms with Gasteiger partial charge < -0.3 is 5.32 Å². The van der Waals surface area contributed by atoms with E-state index in [1.165, 1.54) is 32.3 Å². The van der Waals surface area contributed by atoms with Crippen LogP contribution in [-0.4, -0.2) is 39.3 Å². The third kappa shape index (κ3) is 5.13. The molecule has 0 aliphatic heterocycles. The van der Waals surface area contributed by atoms with E-state index in [1.807, 2.05) is 33.8 Å². The highest BCUT2D eigenvalue weighted by Crippen LogP contribution is 2.24. The van der Waals surface area contributed by atoms with Crippen LogP contribution in [0.25, 0.3) is 0 Å². The van der Waals surface area contributed by atoms with E-state index in [0.717, 1.165) is 36.9 Å². The number of hydrogen-bond acceptors (Lipinski definition) is 3. The molecule has 0 spiro atoms. The van der Waals surface area contributed by atoms with E-state index < -0.39 is 28.5 Å². The Morgan fingerprint density at radius 2 is 1.66 bits per heavy atom. The molecule has 0 radical (unpaired) electrons. The van der Waals surface area contributed by atoms with E-state index in [1.54, 1.807) is 0 Å². The molecule has 29 heavy (non-hydrogen) atoms. The summed E-state index contributed by atoms with van der Waals surface area (Å²) in [6, 6.07) is 9.22. The molecule has 2 aromatic rings. The van der Waals surface area contributed by atoms with E-state index in [0.29, 0.717) is 0 Å². The minimum absolute atomic E-state index is 0.175. The van der Waals surface area contributed by atoms with Crippen LogP contribution in [0.2, 0.25) is 0 Å². The molecule has 6 nitrogen and oxygen atoms in total. The largest absolute Gasteiger partial charge is 0.348 e. The van der Waals surface area contributed by atoms with Gasteiger partial charge >= 0.3 is 10.2 Å². The van der Waals surface area contributed by atoms with E-state index in [4.69, 9.17) is 0 Å². The van der Waals surface area contributed by atoms with Gasteiger partial charge in [-0.3, -0.25) is 4.79 Å². The van der Waals surface area contributed by atoms with E-state index in [2.05, 4.69) is 11.4 Å². The van der Waals surface area contributed by atoms with Crippen molar-refractivity contribution in [3.63, 3.8) is 0 Å². The molecular weight excluding hydrogens is 393 g/mol.